The molecule has 0 rings (SSSR count). The molecule has 0 aliphatic heterocycles. The Morgan fingerprint density at radius 3 is 2.33 bits per heavy atom. The van der Waals surface area contributed by atoms with E-state index in [2.05, 4.69) is 5.32 Å². The van der Waals surface area contributed by atoms with Crippen LogP contribution >= 0.6 is 11.6 Å². The van der Waals surface area contributed by atoms with E-state index in [0.717, 1.165) is 0 Å². The number of amides is 1. The van der Waals surface area contributed by atoms with Crippen molar-refractivity contribution in [2.45, 2.75) is 25.9 Å². The lowest BCUT2D eigenvalue weighted by atomic mass is 10.2. The molecule has 0 heterocycles. The lowest BCUT2D eigenvalue weighted by Gasteiger charge is -2.12. The lowest BCUT2D eigenvalue weighted by molar-refractivity contribution is -0.126. The van der Waals surface area contributed by atoms with Gasteiger partial charge in [0.2, 0.25) is 5.91 Å². The van der Waals surface area contributed by atoms with Crippen molar-refractivity contribution in [2.24, 2.45) is 5.73 Å². The molecule has 0 fully saturated rings. The highest BCUT2D eigenvalue weighted by atomic mass is 35.5. The molecule has 0 aromatic carbocycles. The van der Waals surface area contributed by atoms with Gasteiger partial charge in [-0.15, -0.1) is 11.6 Å². The molecule has 5 heteroatoms. The number of Topliss-reactive ketones (excluding diaryl/α,β-unsaturated/α-hetero) is 1. The zero-order valence-electron chi connectivity index (χ0n) is 7.13. The van der Waals surface area contributed by atoms with E-state index in [1.54, 1.807) is 13.8 Å². The van der Waals surface area contributed by atoms with E-state index < -0.39 is 12.1 Å². The number of hydrogen-bond acceptors (Lipinski definition) is 3. The van der Waals surface area contributed by atoms with Gasteiger partial charge >= 0.3 is 0 Å². The molecule has 0 aliphatic carbocycles. The van der Waals surface area contributed by atoms with Gasteiger partial charge in [-0.05, 0) is 13.8 Å². The van der Waals surface area contributed by atoms with E-state index in [9.17, 15) is 9.59 Å². The van der Waals surface area contributed by atoms with Crippen LogP contribution in [0.2, 0.25) is 0 Å². The van der Waals surface area contributed by atoms with Crippen molar-refractivity contribution in [2.75, 3.05) is 5.88 Å². The summed E-state index contributed by atoms with van der Waals surface area (Å²) in [4.78, 5) is 21.8. The first-order valence-corrected chi connectivity index (χ1v) is 4.17. The summed E-state index contributed by atoms with van der Waals surface area (Å²) in [6, 6.07) is -1.16. The van der Waals surface area contributed by atoms with Gasteiger partial charge in [0.05, 0.1) is 18.0 Å². The monoisotopic (exact) mass is 192 g/mol. The Balaban J connectivity index is 3.92. The summed E-state index contributed by atoms with van der Waals surface area (Å²) in [5.41, 5.74) is 5.27. The van der Waals surface area contributed by atoms with E-state index >= 15 is 0 Å². The van der Waals surface area contributed by atoms with Crippen LogP contribution in [0.4, 0.5) is 0 Å². The molecule has 0 saturated heterocycles. The number of rotatable bonds is 4. The number of halogens is 1. The Hall–Kier alpha value is -0.610. The topological polar surface area (TPSA) is 72.2 Å². The molecule has 4 nitrogen and oxygen atoms in total. The third-order valence-corrected chi connectivity index (χ3v) is 1.65. The minimum atomic E-state index is -0.601. The predicted molar refractivity (Wildman–Crippen MR) is 47.0 cm³/mol. The molecular formula is C7H13ClN2O2. The van der Waals surface area contributed by atoms with Crippen LogP contribution in [0.25, 0.3) is 0 Å². The number of ketones is 1. The molecule has 1 amide bonds. The maximum atomic E-state index is 10.9. The van der Waals surface area contributed by atoms with Gasteiger partial charge in [0, 0.05) is 0 Å². The zero-order chi connectivity index (χ0) is 9.72. The molecule has 0 aliphatic rings. The summed E-state index contributed by atoms with van der Waals surface area (Å²) in [6.45, 7) is 3.12. The second-order valence-corrected chi connectivity index (χ2v) is 2.89. The molecule has 3 N–H and O–H groups in total. The number of hydrogen-bond donors (Lipinski definition) is 2. The second kappa shape index (κ2) is 5.11. The van der Waals surface area contributed by atoms with Crippen molar-refractivity contribution in [1.29, 1.82) is 0 Å². The summed E-state index contributed by atoms with van der Waals surface area (Å²) >= 11 is 5.28. The first-order chi connectivity index (χ1) is 5.49. The van der Waals surface area contributed by atoms with E-state index in [0.29, 0.717) is 0 Å². The van der Waals surface area contributed by atoms with Crippen LogP contribution in [0, 0.1) is 0 Å². The zero-order valence-corrected chi connectivity index (χ0v) is 7.89. The molecule has 12 heavy (non-hydrogen) atoms. The molecule has 0 spiro atoms. The van der Waals surface area contributed by atoms with E-state index in [4.69, 9.17) is 17.3 Å². The van der Waals surface area contributed by atoms with Crippen molar-refractivity contribution in [1.82, 2.24) is 5.32 Å². The van der Waals surface area contributed by atoms with Crippen molar-refractivity contribution in [3.05, 3.63) is 0 Å². The molecule has 0 radical (unpaired) electrons. The van der Waals surface area contributed by atoms with Crippen LogP contribution in [0.1, 0.15) is 13.8 Å². The number of nitrogens with two attached hydrogens (primary N) is 1. The summed E-state index contributed by atoms with van der Waals surface area (Å²) < 4.78 is 0. The maximum absolute atomic E-state index is 10.9. The van der Waals surface area contributed by atoms with Crippen molar-refractivity contribution in [3.8, 4) is 0 Å². The van der Waals surface area contributed by atoms with Crippen molar-refractivity contribution in [3.63, 3.8) is 0 Å². The van der Waals surface area contributed by atoms with Gasteiger partial charge in [-0.3, -0.25) is 9.59 Å². The highest BCUT2D eigenvalue weighted by Crippen LogP contribution is 1.89. The van der Waals surface area contributed by atoms with E-state index in [1.807, 2.05) is 0 Å². The SMILES string of the molecule is C[C@H](N)C(=O)N[C@@H](C)C(=O)CCl. The van der Waals surface area contributed by atoms with Crippen LogP contribution in [-0.4, -0.2) is 29.7 Å². The largest absolute Gasteiger partial charge is 0.345 e. The van der Waals surface area contributed by atoms with Crippen molar-refractivity contribution >= 4 is 23.3 Å². The van der Waals surface area contributed by atoms with Gasteiger partial charge in [-0.25, -0.2) is 0 Å². The Kier molecular flexibility index (Phi) is 4.85. The van der Waals surface area contributed by atoms with Crippen LogP contribution in [-0.2, 0) is 9.59 Å². The maximum Gasteiger partial charge on any atom is 0.237 e. The van der Waals surface area contributed by atoms with E-state index in [-0.39, 0.29) is 17.6 Å². The highest BCUT2D eigenvalue weighted by Gasteiger charge is 2.15. The third kappa shape index (κ3) is 3.69. The van der Waals surface area contributed by atoms with E-state index in [1.165, 1.54) is 0 Å². The Morgan fingerprint density at radius 1 is 1.50 bits per heavy atom. The number of carbonyl (C=O) groups excluding carboxylic acids is 2. The highest BCUT2D eigenvalue weighted by molar-refractivity contribution is 6.28. The van der Waals surface area contributed by atoms with Gasteiger partial charge in [0.15, 0.2) is 5.78 Å². The lowest BCUT2D eigenvalue weighted by Crippen LogP contribution is -2.46. The van der Waals surface area contributed by atoms with Gasteiger partial charge < -0.3 is 11.1 Å². The predicted octanol–water partition coefficient (Wildman–Crippen LogP) is -0.354. The summed E-state index contributed by atoms with van der Waals surface area (Å²) in [6.07, 6.45) is 0. The molecule has 2 atom stereocenters. The fourth-order valence-electron chi connectivity index (χ4n) is 0.541. The standard InChI is InChI=1S/C7H13ClN2O2/c1-4(9)7(12)10-5(2)6(11)3-8/h4-5H,3,9H2,1-2H3,(H,10,12)/t4-,5-/m0/s1. The summed E-state index contributed by atoms with van der Waals surface area (Å²) in [5.74, 6) is -0.660. The van der Waals surface area contributed by atoms with Crippen LogP contribution in [0.3, 0.4) is 0 Å². The van der Waals surface area contributed by atoms with Crippen molar-refractivity contribution < 1.29 is 9.59 Å². The average Bonchev–Trinajstić information content (AvgIpc) is 2.02. The molecule has 0 saturated carbocycles. The average molecular weight is 193 g/mol. The minimum Gasteiger partial charge on any atom is -0.345 e. The van der Waals surface area contributed by atoms with Gasteiger partial charge in [0.1, 0.15) is 0 Å². The molecule has 0 bridgehead atoms. The second-order valence-electron chi connectivity index (χ2n) is 2.62. The molecule has 0 aromatic rings. The first-order valence-electron chi connectivity index (χ1n) is 3.63. The number of alkyl halides is 1. The fraction of sp³-hybridized carbons (Fsp3) is 0.714. The summed E-state index contributed by atoms with van der Waals surface area (Å²) in [5, 5.41) is 2.43. The number of nitrogens with one attached hydrogen (secondary N) is 1. The fourth-order valence-corrected chi connectivity index (χ4v) is 0.773. The molecular weight excluding hydrogens is 180 g/mol. The summed E-state index contributed by atoms with van der Waals surface area (Å²) in [7, 11) is 0. The van der Waals surface area contributed by atoms with Gasteiger partial charge in [-0.1, -0.05) is 0 Å². The Bertz CT molecular complexity index is 182. The van der Waals surface area contributed by atoms with Crippen LogP contribution < -0.4 is 11.1 Å². The van der Waals surface area contributed by atoms with Gasteiger partial charge in [0.25, 0.3) is 0 Å². The molecule has 0 aromatic heterocycles. The van der Waals surface area contributed by atoms with Gasteiger partial charge in [-0.2, -0.15) is 0 Å². The molecule has 70 valence electrons. The third-order valence-electron chi connectivity index (χ3n) is 1.39. The van der Waals surface area contributed by atoms with Crippen LogP contribution in [0.15, 0.2) is 0 Å². The smallest absolute Gasteiger partial charge is 0.237 e. The van der Waals surface area contributed by atoms with Crippen LogP contribution in [0.5, 0.6) is 0 Å². The minimum absolute atomic E-state index is 0.0968. The Labute approximate surface area is 76.4 Å². The number of carbonyl (C=O) groups is 2. The first kappa shape index (κ1) is 11.4. The quantitative estimate of drug-likeness (QED) is 0.598. The normalized spacial score (nSPS) is 15.0. The Morgan fingerprint density at radius 2 is 2.00 bits per heavy atom. The molecule has 0 unspecified atom stereocenters.